The Morgan fingerprint density at radius 3 is 2.56 bits per heavy atom. The topological polar surface area (TPSA) is 81.2 Å². The molecule has 6 nitrogen and oxygen atoms in total. The maximum atomic E-state index is 13.3. The van der Waals surface area contributed by atoms with Gasteiger partial charge in [-0.15, -0.1) is 0 Å². The molecule has 1 atom stereocenters. The summed E-state index contributed by atoms with van der Waals surface area (Å²) in [6.07, 6.45) is 1.53. The highest BCUT2D eigenvalue weighted by Gasteiger charge is 2.24. The summed E-state index contributed by atoms with van der Waals surface area (Å²) in [5, 5.41) is 2.46. The average Bonchev–Trinajstić information content (AvgIpc) is 2.68. The molecule has 0 spiro atoms. The zero-order valence-corrected chi connectivity index (χ0v) is 14.3. The third-order valence-electron chi connectivity index (χ3n) is 3.88. The Balaban J connectivity index is 1.81. The van der Waals surface area contributed by atoms with Crippen LogP contribution in [0.5, 0.6) is 0 Å². The summed E-state index contributed by atoms with van der Waals surface area (Å²) in [6.45, 7) is 0. The standard InChI is InChI=1S/C19H15F2N3O3/c1-27-19(26)17(24-18(25)11-6-7-13(20)14(21)8-11)9-12-10-22-15-4-2-3-5-16(15)23-12/h2-8,10,17H,9H2,1H3,(H,24,25)/t17-/m0/s1. The van der Waals surface area contributed by atoms with E-state index in [0.29, 0.717) is 16.7 Å². The van der Waals surface area contributed by atoms with Crippen molar-refractivity contribution in [2.24, 2.45) is 0 Å². The van der Waals surface area contributed by atoms with Gasteiger partial charge in [-0.3, -0.25) is 9.78 Å². The molecular formula is C19H15F2N3O3. The molecule has 2 aromatic carbocycles. The lowest BCUT2D eigenvalue weighted by atomic mass is 10.1. The summed E-state index contributed by atoms with van der Waals surface area (Å²) in [5.41, 5.74) is 1.69. The molecule has 0 fully saturated rings. The Hall–Kier alpha value is -3.42. The zero-order valence-electron chi connectivity index (χ0n) is 14.3. The number of amides is 1. The van der Waals surface area contributed by atoms with Gasteiger partial charge in [-0.1, -0.05) is 12.1 Å². The molecule has 27 heavy (non-hydrogen) atoms. The van der Waals surface area contributed by atoms with Gasteiger partial charge in [0.2, 0.25) is 0 Å². The van der Waals surface area contributed by atoms with Crippen molar-refractivity contribution in [2.45, 2.75) is 12.5 Å². The summed E-state index contributed by atoms with van der Waals surface area (Å²) in [4.78, 5) is 33.0. The van der Waals surface area contributed by atoms with Gasteiger partial charge in [0, 0.05) is 18.2 Å². The van der Waals surface area contributed by atoms with Crippen molar-refractivity contribution in [3.8, 4) is 0 Å². The lowest BCUT2D eigenvalue weighted by molar-refractivity contribution is -0.142. The number of para-hydroxylation sites is 2. The van der Waals surface area contributed by atoms with Crippen LogP contribution in [0.15, 0.2) is 48.7 Å². The lowest BCUT2D eigenvalue weighted by Crippen LogP contribution is -2.43. The predicted octanol–water partition coefficient (Wildman–Crippen LogP) is 2.42. The highest BCUT2D eigenvalue weighted by molar-refractivity contribution is 5.96. The first-order valence-electron chi connectivity index (χ1n) is 8.02. The molecule has 0 saturated heterocycles. The largest absolute Gasteiger partial charge is 0.467 e. The van der Waals surface area contributed by atoms with E-state index in [-0.39, 0.29) is 12.0 Å². The van der Waals surface area contributed by atoms with Crippen molar-refractivity contribution in [1.29, 1.82) is 0 Å². The second-order valence-electron chi connectivity index (χ2n) is 5.73. The molecule has 0 bridgehead atoms. The molecule has 0 aliphatic carbocycles. The number of carbonyl (C=O) groups is 2. The third-order valence-corrected chi connectivity index (χ3v) is 3.88. The summed E-state index contributed by atoms with van der Waals surface area (Å²) in [5.74, 6) is -3.65. The molecule has 3 aromatic rings. The van der Waals surface area contributed by atoms with Crippen molar-refractivity contribution in [2.75, 3.05) is 7.11 Å². The molecule has 0 radical (unpaired) electrons. The number of rotatable bonds is 5. The van der Waals surface area contributed by atoms with Crippen LogP contribution in [0.1, 0.15) is 16.1 Å². The number of ether oxygens (including phenoxy) is 1. The van der Waals surface area contributed by atoms with E-state index < -0.39 is 29.6 Å². The van der Waals surface area contributed by atoms with Gasteiger partial charge in [0.05, 0.1) is 23.8 Å². The zero-order chi connectivity index (χ0) is 19.4. The molecule has 0 unspecified atom stereocenters. The summed E-state index contributed by atoms with van der Waals surface area (Å²) in [7, 11) is 1.19. The van der Waals surface area contributed by atoms with Crippen molar-refractivity contribution in [3.63, 3.8) is 0 Å². The number of methoxy groups -OCH3 is 1. The number of benzene rings is 2. The van der Waals surface area contributed by atoms with Crippen LogP contribution >= 0.6 is 0 Å². The highest BCUT2D eigenvalue weighted by Crippen LogP contribution is 2.12. The molecule has 8 heteroatoms. The number of nitrogens with one attached hydrogen (secondary N) is 1. The number of hydrogen-bond donors (Lipinski definition) is 1. The summed E-state index contributed by atoms with van der Waals surface area (Å²) >= 11 is 0. The molecule has 1 amide bonds. The Morgan fingerprint density at radius 1 is 1.11 bits per heavy atom. The SMILES string of the molecule is COC(=O)[C@H](Cc1cnc2ccccc2n1)NC(=O)c1ccc(F)c(F)c1. The second kappa shape index (κ2) is 7.86. The highest BCUT2D eigenvalue weighted by atomic mass is 19.2. The van der Waals surface area contributed by atoms with Crippen LogP contribution < -0.4 is 5.32 Å². The van der Waals surface area contributed by atoms with Gasteiger partial charge in [0.1, 0.15) is 6.04 Å². The fourth-order valence-corrected chi connectivity index (χ4v) is 2.52. The average molecular weight is 371 g/mol. The third kappa shape index (κ3) is 4.22. The van der Waals surface area contributed by atoms with Crippen LogP contribution in [-0.2, 0) is 16.0 Å². The molecule has 0 saturated carbocycles. The van der Waals surface area contributed by atoms with Crippen molar-refractivity contribution in [1.82, 2.24) is 15.3 Å². The van der Waals surface area contributed by atoms with Crippen molar-refractivity contribution in [3.05, 3.63) is 71.6 Å². The van der Waals surface area contributed by atoms with Gasteiger partial charge in [0.15, 0.2) is 11.6 Å². The normalized spacial score (nSPS) is 11.8. The van der Waals surface area contributed by atoms with Gasteiger partial charge in [-0.25, -0.2) is 18.6 Å². The fourth-order valence-electron chi connectivity index (χ4n) is 2.52. The van der Waals surface area contributed by atoms with Crippen LogP contribution in [0.2, 0.25) is 0 Å². The second-order valence-corrected chi connectivity index (χ2v) is 5.73. The minimum atomic E-state index is -1.15. The van der Waals surface area contributed by atoms with Crippen LogP contribution in [0.4, 0.5) is 8.78 Å². The number of fused-ring (bicyclic) bond motifs is 1. The van der Waals surface area contributed by atoms with E-state index >= 15 is 0 Å². The van der Waals surface area contributed by atoms with Gasteiger partial charge >= 0.3 is 5.97 Å². The van der Waals surface area contributed by atoms with E-state index in [1.807, 2.05) is 12.1 Å². The number of nitrogens with zero attached hydrogens (tertiary/aromatic N) is 2. The first-order valence-corrected chi connectivity index (χ1v) is 8.02. The minimum Gasteiger partial charge on any atom is -0.467 e. The van der Waals surface area contributed by atoms with Gasteiger partial charge < -0.3 is 10.1 Å². The molecule has 3 rings (SSSR count). The summed E-state index contributed by atoms with van der Waals surface area (Å²) < 4.78 is 31.1. The van der Waals surface area contributed by atoms with Crippen LogP contribution in [0.25, 0.3) is 11.0 Å². The number of esters is 1. The monoisotopic (exact) mass is 371 g/mol. The van der Waals surface area contributed by atoms with Gasteiger partial charge in [-0.05, 0) is 30.3 Å². The van der Waals surface area contributed by atoms with E-state index in [1.165, 1.54) is 13.3 Å². The maximum absolute atomic E-state index is 13.3. The molecule has 1 aromatic heterocycles. The lowest BCUT2D eigenvalue weighted by Gasteiger charge is -2.16. The Bertz CT molecular complexity index is 1010. The summed E-state index contributed by atoms with van der Waals surface area (Å²) in [6, 6.07) is 8.87. The number of aromatic nitrogens is 2. The molecule has 138 valence electrons. The quantitative estimate of drug-likeness (QED) is 0.697. The predicted molar refractivity (Wildman–Crippen MR) is 92.9 cm³/mol. The first-order chi connectivity index (χ1) is 13.0. The van der Waals surface area contributed by atoms with Crippen LogP contribution in [-0.4, -0.2) is 35.0 Å². The molecule has 1 heterocycles. The van der Waals surface area contributed by atoms with Crippen LogP contribution in [0, 0.1) is 11.6 Å². The van der Waals surface area contributed by atoms with Crippen molar-refractivity contribution < 1.29 is 23.1 Å². The van der Waals surface area contributed by atoms with Crippen LogP contribution in [0.3, 0.4) is 0 Å². The van der Waals surface area contributed by atoms with Crippen molar-refractivity contribution >= 4 is 22.9 Å². The maximum Gasteiger partial charge on any atom is 0.328 e. The van der Waals surface area contributed by atoms with E-state index in [9.17, 15) is 18.4 Å². The molecule has 1 N–H and O–H groups in total. The Kier molecular flexibility index (Phi) is 5.35. The van der Waals surface area contributed by atoms with E-state index in [2.05, 4.69) is 15.3 Å². The van der Waals surface area contributed by atoms with Gasteiger partial charge in [-0.2, -0.15) is 0 Å². The minimum absolute atomic E-state index is 0.0277. The smallest absolute Gasteiger partial charge is 0.328 e. The molecule has 0 aliphatic heterocycles. The first kappa shape index (κ1) is 18.4. The van der Waals surface area contributed by atoms with E-state index in [1.54, 1.807) is 12.1 Å². The molecule has 0 aliphatic rings. The van der Waals surface area contributed by atoms with Gasteiger partial charge in [0.25, 0.3) is 5.91 Å². The molecular weight excluding hydrogens is 356 g/mol. The fraction of sp³-hybridized carbons (Fsp3) is 0.158. The van der Waals surface area contributed by atoms with E-state index in [0.717, 1.165) is 18.2 Å². The Labute approximate surface area is 153 Å². The van der Waals surface area contributed by atoms with E-state index in [4.69, 9.17) is 4.74 Å². The Morgan fingerprint density at radius 2 is 1.85 bits per heavy atom. The number of halogens is 2. The number of carbonyl (C=O) groups excluding carboxylic acids is 2. The number of hydrogen-bond acceptors (Lipinski definition) is 5.